The van der Waals surface area contributed by atoms with Gasteiger partial charge in [0.15, 0.2) is 0 Å². The minimum atomic E-state index is -0.779. The van der Waals surface area contributed by atoms with Gasteiger partial charge in [-0.1, -0.05) is 48.0 Å². The molecule has 24 heavy (non-hydrogen) atoms. The molecule has 3 rings (SSSR count). The highest BCUT2D eigenvalue weighted by Gasteiger charge is 2.21. The molecule has 0 aliphatic heterocycles. The number of aromatic nitrogens is 1. The Labute approximate surface area is 137 Å². The third-order valence-corrected chi connectivity index (χ3v) is 3.84. The van der Waals surface area contributed by atoms with Gasteiger partial charge in [-0.25, -0.2) is 0 Å². The van der Waals surface area contributed by atoms with Crippen LogP contribution in [0.1, 0.15) is 21.5 Å². The summed E-state index contributed by atoms with van der Waals surface area (Å²) in [6.45, 7) is 2.23. The average molecular weight is 324 g/mol. The maximum Gasteiger partial charge on any atom is 0.294 e. The normalized spacial score (nSPS) is 10.7. The van der Waals surface area contributed by atoms with Crippen molar-refractivity contribution in [2.45, 2.75) is 13.5 Å². The van der Waals surface area contributed by atoms with Crippen molar-refractivity contribution in [2.75, 3.05) is 0 Å². The molecule has 0 aliphatic carbocycles. The van der Waals surface area contributed by atoms with Gasteiger partial charge in [-0.3, -0.25) is 9.59 Å². The van der Waals surface area contributed by atoms with Gasteiger partial charge < -0.3 is 15.6 Å². The van der Waals surface area contributed by atoms with Gasteiger partial charge in [-0.15, -0.1) is 4.73 Å². The van der Waals surface area contributed by atoms with Gasteiger partial charge in [-0.2, -0.15) is 0 Å². The fourth-order valence-electron chi connectivity index (χ4n) is 2.52. The Morgan fingerprint density at radius 1 is 1.08 bits per heavy atom. The van der Waals surface area contributed by atoms with Gasteiger partial charge in [0.05, 0.1) is 5.39 Å². The molecule has 1 amide bonds. The molecule has 2 aromatic carbocycles. The van der Waals surface area contributed by atoms with E-state index in [9.17, 15) is 19.9 Å². The van der Waals surface area contributed by atoms with Crippen molar-refractivity contribution in [1.82, 2.24) is 10.0 Å². The number of rotatable bonds is 3. The summed E-state index contributed by atoms with van der Waals surface area (Å²) in [7, 11) is 0. The zero-order valence-corrected chi connectivity index (χ0v) is 13.0. The molecular formula is C18H16N2O4. The summed E-state index contributed by atoms with van der Waals surface area (Å²) in [6, 6.07) is 14.0. The van der Waals surface area contributed by atoms with Crippen molar-refractivity contribution in [3.63, 3.8) is 0 Å². The molecule has 6 nitrogen and oxygen atoms in total. The van der Waals surface area contributed by atoms with Gasteiger partial charge in [0.25, 0.3) is 11.5 Å². The number of nitrogens with zero attached hydrogens (tertiary/aromatic N) is 1. The number of hydrogen-bond donors (Lipinski definition) is 3. The van der Waals surface area contributed by atoms with Gasteiger partial charge in [-0.05, 0) is 18.6 Å². The maximum absolute atomic E-state index is 12.5. The number of carbonyl (C=O) groups excluding carboxylic acids is 1. The Hall–Kier alpha value is -3.28. The van der Waals surface area contributed by atoms with Crippen molar-refractivity contribution in [3.05, 3.63) is 75.6 Å². The summed E-state index contributed by atoms with van der Waals surface area (Å²) in [4.78, 5) is 24.4. The van der Waals surface area contributed by atoms with Crippen molar-refractivity contribution in [3.8, 4) is 5.88 Å². The smallest absolute Gasteiger partial charge is 0.294 e. The number of pyridine rings is 1. The molecule has 0 atom stereocenters. The number of nitrogens with one attached hydrogen (secondary N) is 1. The van der Waals surface area contributed by atoms with Crippen LogP contribution in [0.3, 0.4) is 0 Å². The van der Waals surface area contributed by atoms with Crippen molar-refractivity contribution in [1.29, 1.82) is 0 Å². The maximum atomic E-state index is 12.5. The van der Waals surface area contributed by atoms with Crippen LogP contribution in [0.5, 0.6) is 5.88 Å². The fraction of sp³-hybridized carbons (Fsp3) is 0.111. The minimum absolute atomic E-state index is 0.0864. The van der Waals surface area contributed by atoms with Crippen LogP contribution < -0.4 is 10.9 Å². The Kier molecular flexibility index (Phi) is 3.95. The summed E-state index contributed by atoms with van der Waals surface area (Å²) in [6.07, 6.45) is 0. The van der Waals surface area contributed by atoms with Crippen LogP contribution in [0, 0.1) is 6.92 Å². The van der Waals surface area contributed by atoms with Crippen LogP contribution in [0.4, 0.5) is 0 Å². The molecule has 122 valence electrons. The molecule has 3 N–H and O–H groups in total. The SMILES string of the molecule is Cc1ccc(CNC(=O)c2c(O)n(O)c(=O)c3ccccc23)cc1. The van der Waals surface area contributed by atoms with Crippen LogP contribution in [0.2, 0.25) is 0 Å². The molecule has 0 unspecified atom stereocenters. The van der Waals surface area contributed by atoms with E-state index in [0.29, 0.717) is 0 Å². The summed E-state index contributed by atoms with van der Waals surface area (Å²) >= 11 is 0. The van der Waals surface area contributed by atoms with Crippen LogP contribution in [-0.4, -0.2) is 21.0 Å². The van der Waals surface area contributed by atoms with E-state index in [1.807, 2.05) is 31.2 Å². The number of benzene rings is 2. The van der Waals surface area contributed by atoms with E-state index in [2.05, 4.69) is 5.32 Å². The molecule has 0 spiro atoms. The molecule has 0 fully saturated rings. The topological polar surface area (TPSA) is 91.6 Å². The number of aromatic hydroxyl groups is 1. The predicted molar refractivity (Wildman–Crippen MR) is 89.4 cm³/mol. The molecule has 1 aromatic heterocycles. The quantitative estimate of drug-likeness (QED) is 0.644. The van der Waals surface area contributed by atoms with E-state index in [-0.39, 0.29) is 27.6 Å². The first kappa shape index (κ1) is 15.6. The third-order valence-electron chi connectivity index (χ3n) is 3.84. The first-order valence-electron chi connectivity index (χ1n) is 7.38. The van der Waals surface area contributed by atoms with Crippen molar-refractivity contribution >= 4 is 16.7 Å². The monoisotopic (exact) mass is 324 g/mol. The lowest BCUT2D eigenvalue weighted by Gasteiger charge is -2.11. The van der Waals surface area contributed by atoms with E-state index in [0.717, 1.165) is 11.1 Å². The van der Waals surface area contributed by atoms with E-state index in [1.54, 1.807) is 18.2 Å². The second-order valence-corrected chi connectivity index (χ2v) is 5.53. The number of amides is 1. The van der Waals surface area contributed by atoms with Gasteiger partial charge >= 0.3 is 0 Å². The average Bonchev–Trinajstić information content (AvgIpc) is 2.59. The second-order valence-electron chi connectivity index (χ2n) is 5.53. The van der Waals surface area contributed by atoms with Crippen molar-refractivity contribution < 1.29 is 15.1 Å². The first-order valence-corrected chi connectivity index (χ1v) is 7.38. The minimum Gasteiger partial charge on any atom is -0.492 e. The van der Waals surface area contributed by atoms with Gasteiger partial charge in [0, 0.05) is 11.9 Å². The van der Waals surface area contributed by atoms with E-state index in [4.69, 9.17) is 0 Å². The van der Waals surface area contributed by atoms with Gasteiger partial charge in [0.2, 0.25) is 5.88 Å². The van der Waals surface area contributed by atoms with Gasteiger partial charge in [0.1, 0.15) is 5.56 Å². The summed E-state index contributed by atoms with van der Waals surface area (Å²) in [5, 5.41) is 22.9. The number of aryl methyl sites for hydroxylation is 1. The van der Waals surface area contributed by atoms with E-state index in [1.165, 1.54) is 6.07 Å². The lowest BCUT2D eigenvalue weighted by Crippen LogP contribution is -2.27. The predicted octanol–water partition coefficient (Wildman–Crippen LogP) is 2.18. The zero-order chi connectivity index (χ0) is 17.3. The number of carbonyl (C=O) groups is 1. The lowest BCUT2D eigenvalue weighted by atomic mass is 10.1. The summed E-state index contributed by atoms with van der Waals surface area (Å²) in [5.74, 6) is -1.35. The molecule has 3 aromatic rings. The van der Waals surface area contributed by atoms with Crippen LogP contribution in [0.25, 0.3) is 10.8 Å². The highest BCUT2D eigenvalue weighted by Crippen LogP contribution is 2.23. The Bertz CT molecular complexity index is 975. The fourth-order valence-corrected chi connectivity index (χ4v) is 2.52. The molecule has 0 saturated heterocycles. The standard InChI is InChI=1S/C18H16N2O4/c1-11-6-8-12(9-7-11)10-19-16(21)15-13-4-2-3-5-14(13)17(22)20(24)18(15)23/h2-9,23-24H,10H2,1H3,(H,19,21). The van der Waals surface area contributed by atoms with Crippen LogP contribution >= 0.6 is 0 Å². The Morgan fingerprint density at radius 2 is 1.71 bits per heavy atom. The van der Waals surface area contributed by atoms with Crippen LogP contribution in [-0.2, 0) is 6.54 Å². The van der Waals surface area contributed by atoms with Crippen molar-refractivity contribution in [2.24, 2.45) is 0 Å². The molecule has 0 saturated carbocycles. The Morgan fingerprint density at radius 3 is 2.38 bits per heavy atom. The molecular weight excluding hydrogens is 308 g/mol. The highest BCUT2D eigenvalue weighted by molar-refractivity contribution is 6.08. The molecule has 0 radical (unpaired) electrons. The first-order chi connectivity index (χ1) is 11.5. The Balaban J connectivity index is 1.98. The molecule has 0 bridgehead atoms. The third kappa shape index (κ3) is 2.69. The summed E-state index contributed by atoms with van der Waals surface area (Å²) < 4.78 is 0.0864. The van der Waals surface area contributed by atoms with E-state index >= 15 is 0 Å². The van der Waals surface area contributed by atoms with E-state index < -0.39 is 17.3 Å². The van der Waals surface area contributed by atoms with Crippen LogP contribution in [0.15, 0.2) is 53.3 Å². The lowest BCUT2D eigenvalue weighted by molar-refractivity contribution is 0.0935. The number of hydrogen-bond acceptors (Lipinski definition) is 4. The number of fused-ring (bicyclic) bond motifs is 1. The highest BCUT2D eigenvalue weighted by atomic mass is 16.5. The summed E-state index contributed by atoms with van der Waals surface area (Å²) in [5.41, 5.74) is 1.09. The second kappa shape index (κ2) is 6.08. The molecule has 1 heterocycles. The molecule has 0 aliphatic rings. The zero-order valence-electron chi connectivity index (χ0n) is 13.0. The molecule has 6 heteroatoms. The largest absolute Gasteiger partial charge is 0.492 e.